The lowest BCUT2D eigenvalue weighted by Gasteiger charge is -2.45. The SMILES string of the molecule is CO[C@@H]1[C@@H](OC=O)[C@H](Br)[C@@H](O[C@H]2[C@H](C)O[C@H](O)C[C@@H]2OC(=O)c2ccccc2)O[C@H]1C. The van der Waals surface area contributed by atoms with E-state index in [1.54, 1.807) is 44.2 Å². The molecular weight excluding hydrogens is 476 g/mol. The minimum atomic E-state index is -1.10. The molecular formula is C21H27BrO9. The molecule has 0 radical (unpaired) electrons. The van der Waals surface area contributed by atoms with E-state index in [1.165, 1.54) is 7.11 Å². The highest BCUT2D eigenvalue weighted by Gasteiger charge is 2.49. The molecule has 0 aromatic heterocycles. The van der Waals surface area contributed by atoms with Gasteiger partial charge in [-0.05, 0) is 26.0 Å². The van der Waals surface area contributed by atoms with E-state index in [0.717, 1.165) is 0 Å². The zero-order valence-electron chi connectivity index (χ0n) is 17.5. The molecule has 0 unspecified atom stereocenters. The third-order valence-corrected chi connectivity index (χ3v) is 6.34. The van der Waals surface area contributed by atoms with Gasteiger partial charge in [-0.1, -0.05) is 34.1 Å². The Morgan fingerprint density at radius 1 is 1.13 bits per heavy atom. The Labute approximate surface area is 189 Å². The summed E-state index contributed by atoms with van der Waals surface area (Å²) in [5.41, 5.74) is 0.387. The quantitative estimate of drug-likeness (QED) is 0.338. The number of aliphatic hydroxyl groups excluding tert-OH is 1. The number of rotatable bonds is 7. The standard InChI is InChI=1S/C21H27BrO9/c1-11-17(31-21-16(22)19(27-10-23)18(26-3)12(2)29-21)14(9-15(24)28-11)30-20(25)13-7-5-4-6-8-13/h4-8,10-12,14-19,21,24H,9H2,1-3H3/t11-,12-,14-,15-,16-,17-,18-,19-,21+/m0/s1. The molecule has 172 valence electrons. The van der Waals surface area contributed by atoms with Crippen molar-refractivity contribution in [2.45, 2.75) is 74.3 Å². The molecule has 9 nitrogen and oxygen atoms in total. The van der Waals surface area contributed by atoms with Crippen molar-refractivity contribution >= 4 is 28.4 Å². The maximum absolute atomic E-state index is 12.6. The molecule has 1 N–H and O–H groups in total. The predicted molar refractivity (Wildman–Crippen MR) is 110 cm³/mol. The summed E-state index contributed by atoms with van der Waals surface area (Å²) < 4.78 is 33.9. The molecule has 2 aliphatic heterocycles. The largest absolute Gasteiger partial charge is 0.460 e. The average Bonchev–Trinajstić information content (AvgIpc) is 2.74. The van der Waals surface area contributed by atoms with Crippen LogP contribution < -0.4 is 0 Å². The van der Waals surface area contributed by atoms with Gasteiger partial charge in [0.05, 0.1) is 17.8 Å². The fourth-order valence-electron chi connectivity index (χ4n) is 3.88. The van der Waals surface area contributed by atoms with Gasteiger partial charge in [0.25, 0.3) is 6.47 Å². The van der Waals surface area contributed by atoms with Crippen LogP contribution >= 0.6 is 15.9 Å². The third-order valence-electron chi connectivity index (χ3n) is 5.39. The Bertz CT molecular complexity index is 733. The van der Waals surface area contributed by atoms with Crippen molar-refractivity contribution in [3.8, 4) is 0 Å². The number of carbonyl (C=O) groups is 2. The van der Waals surface area contributed by atoms with Crippen molar-refractivity contribution in [3.05, 3.63) is 35.9 Å². The minimum absolute atomic E-state index is 0.0395. The molecule has 2 fully saturated rings. The van der Waals surface area contributed by atoms with Crippen LogP contribution in [0.15, 0.2) is 30.3 Å². The van der Waals surface area contributed by atoms with Crippen molar-refractivity contribution in [3.63, 3.8) is 0 Å². The van der Waals surface area contributed by atoms with E-state index < -0.39 is 60.0 Å². The van der Waals surface area contributed by atoms with Gasteiger partial charge in [0.2, 0.25) is 0 Å². The van der Waals surface area contributed by atoms with Crippen LogP contribution in [0.5, 0.6) is 0 Å². The molecule has 0 bridgehead atoms. The Morgan fingerprint density at radius 2 is 1.81 bits per heavy atom. The number of carbonyl (C=O) groups excluding carboxylic acids is 2. The first-order chi connectivity index (χ1) is 14.8. The predicted octanol–water partition coefficient (Wildman–Crippen LogP) is 1.79. The van der Waals surface area contributed by atoms with Gasteiger partial charge in [0, 0.05) is 13.5 Å². The minimum Gasteiger partial charge on any atom is -0.460 e. The Balaban J connectivity index is 1.76. The molecule has 2 saturated heterocycles. The number of hydrogen-bond donors (Lipinski definition) is 1. The first-order valence-electron chi connectivity index (χ1n) is 10.0. The van der Waals surface area contributed by atoms with E-state index in [2.05, 4.69) is 15.9 Å². The van der Waals surface area contributed by atoms with E-state index >= 15 is 0 Å². The van der Waals surface area contributed by atoms with Crippen molar-refractivity contribution in [1.82, 2.24) is 0 Å². The molecule has 2 aliphatic rings. The highest BCUT2D eigenvalue weighted by molar-refractivity contribution is 9.09. The fourth-order valence-corrected chi connectivity index (χ4v) is 4.56. The van der Waals surface area contributed by atoms with Crippen LogP contribution in [-0.2, 0) is 33.2 Å². The number of hydrogen-bond acceptors (Lipinski definition) is 9. The second kappa shape index (κ2) is 10.8. The number of ether oxygens (including phenoxy) is 6. The molecule has 0 aliphatic carbocycles. The number of aliphatic hydroxyl groups is 1. The highest BCUT2D eigenvalue weighted by Crippen LogP contribution is 2.34. The molecule has 0 spiro atoms. The molecule has 0 saturated carbocycles. The molecule has 1 aromatic carbocycles. The van der Waals surface area contributed by atoms with E-state index in [-0.39, 0.29) is 6.42 Å². The molecule has 1 aromatic rings. The van der Waals surface area contributed by atoms with Crippen LogP contribution in [0.4, 0.5) is 0 Å². The summed E-state index contributed by atoms with van der Waals surface area (Å²) >= 11 is 3.49. The van der Waals surface area contributed by atoms with E-state index in [0.29, 0.717) is 12.0 Å². The second-order valence-electron chi connectivity index (χ2n) is 7.49. The van der Waals surface area contributed by atoms with Gasteiger partial charge in [-0.25, -0.2) is 4.79 Å². The third kappa shape index (κ3) is 5.63. The fraction of sp³-hybridized carbons (Fsp3) is 0.619. The van der Waals surface area contributed by atoms with Crippen molar-refractivity contribution < 1.29 is 43.1 Å². The van der Waals surface area contributed by atoms with E-state index in [9.17, 15) is 14.7 Å². The molecule has 9 atom stereocenters. The summed E-state index contributed by atoms with van der Waals surface area (Å²) in [6, 6.07) is 8.55. The van der Waals surface area contributed by atoms with Gasteiger partial charge >= 0.3 is 5.97 Å². The number of methoxy groups -OCH3 is 1. The molecule has 31 heavy (non-hydrogen) atoms. The number of esters is 1. The Kier molecular flexibility index (Phi) is 8.43. The van der Waals surface area contributed by atoms with Gasteiger partial charge in [0.1, 0.15) is 29.2 Å². The smallest absolute Gasteiger partial charge is 0.338 e. The average molecular weight is 503 g/mol. The summed E-state index contributed by atoms with van der Waals surface area (Å²) in [7, 11) is 1.50. The zero-order chi connectivity index (χ0) is 22.5. The van der Waals surface area contributed by atoms with Gasteiger partial charge in [-0.3, -0.25) is 4.79 Å². The Morgan fingerprint density at radius 3 is 2.45 bits per heavy atom. The summed E-state index contributed by atoms with van der Waals surface area (Å²) in [5.74, 6) is -0.532. The van der Waals surface area contributed by atoms with Gasteiger partial charge < -0.3 is 33.5 Å². The lowest BCUT2D eigenvalue weighted by Crippen LogP contribution is -2.59. The van der Waals surface area contributed by atoms with Gasteiger partial charge in [-0.2, -0.15) is 0 Å². The molecule has 0 amide bonds. The van der Waals surface area contributed by atoms with Crippen LogP contribution in [0.1, 0.15) is 30.6 Å². The molecule has 10 heteroatoms. The molecule has 3 rings (SSSR count). The second-order valence-corrected chi connectivity index (χ2v) is 8.55. The lowest BCUT2D eigenvalue weighted by atomic mass is 10.00. The molecule has 2 heterocycles. The number of alkyl halides is 1. The first-order valence-corrected chi connectivity index (χ1v) is 10.9. The van der Waals surface area contributed by atoms with Crippen LogP contribution in [0.3, 0.4) is 0 Å². The van der Waals surface area contributed by atoms with Crippen molar-refractivity contribution in [2.75, 3.05) is 7.11 Å². The summed E-state index contributed by atoms with van der Waals surface area (Å²) in [6.45, 7) is 3.85. The van der Waals surface area contributed by atoms with Crippen LogP contribution in [0, 0.1) is 0 Å². The van der Waals surface area contributed by atoms with Gasteiger partial charge in [-0.15, -0.1) is 0 Å². The number of benzene rings is 1. The van der Waals surface area contributed by atoms with Crippen molar-refractivity contribution in [1.29, 1.82) is 0 Å². The Hall–Kier alpha value is -1.56. The summed E-state index contributed by atoms with van der Waals surface area (Å²) in [6.07, 6.45) is -5.62. The topological polar surface area (TPSA) is 110 Å². The highest BCUT2D eigenvalue weighted by atomic mass is 79.9. The van der Waals surface area contributed by atoms with Crippen LogP contribution in [-0.4, -0.2) is 78.7 Å². The zero-order valence-corrected chi connectivity index (χ0v) is 19.0. The van der Waals surface area contributed by atoms with Crippen LogP contribution in [0.2, 0.25) is 0 Å². The number of halogens is 1. The summed E-state index contributed by atoms with van der Waals surface area (Å²) in [5, 5.41) is 10.0. The first kappa shape index (κ1) is 24.1. The van der Waals surface area contributed by atoms with Crippen molar-refractivity contribution in [2.24, 2.45) is 0 Å². The van der Waals surface area contributed by atoms with Crippen LogP contribution in [0.25, 0.3) is 0 Å². The van der Waals surface area contributed by atoms with Gasteiger partial charge in [0.15, 0.2) is 12.6 Å². The lowest BCUT2D eigenvalue weighted by molar-refractivity contribution is -0.304. The monoisotopic (exact) mass is 502 g/mol. The summed E-state index contributed by atoms with van der Waals surface area (Å²) in [4.78, 5) is 23.0. The maximum Gasteiger partial charge on any atom is 0.338 e. The van der Waals surface area contributed by atoms with E-state index in [4.69, 9.17) is 28.4 Å². The normalized spacial score (nSPS) is 38.3. The van der Waals surface area contributed by atoms with E-state index in [1.807, 2.05) is 0 Å². The maximum atomic E-state index is 12.6.